The van der Waals surface area contributed by atoms with Crippen molar-refractivity contribution in [1.29, 1.82) is 0 Å². The Morgan fingerprint density at radius 2 is 1.52 bits per heavy atom. The van der Waals surface area contributed by atoms with E-state index in [1.165, 1.54) is 9.71 Å². The Kier molecular flexibility index (Phi) is 6.52. The van der Waals surface area contributed by atoms with E-state index in [4.69, 9.17) is 5.11 Å². The molecule has 2 rings (SSSR count). The van der Waals surface area contributed by atoms with Crippen LogP contribution < -0.4 is 0 Å². The summed E-state index contributed by atoms with van der Waals surface area (Å²) in [5.74, 6) is 0. The van der Waals surface area contributed by atoms with Gasteiger partial charge in [0, 0.05) is 18.5 Å². The van der Waals surface area contributed by atoms with Crippen molar-refractivity contribution < 1.29 is 13.5 Å². The van der Waals surface area contributed by atoms with E-state index >= 15 is 0 Å². The van der Waals surface area contributed by atoms with Gasteiger partial charge in [-0.1, -0.05) is 60.7 Å². The van der Waals surface area contributed by atoms with Crippen molar-refractivity contribution in [3.05, 3.63) is 77.2 Å². The quantitative estimate of drug-likeness (QED) is 0.809. The molecule has 0 aliphatic heterocycles. The average Bonchev–Trinajstić information content (AvgIpc) is 2.58. The molecule has 2 aromatic carbocycles. The number of aliphatic hydroxyl groups excluding tert-OH is 1. The maximum Gasteiger partial charge on any atom is 0.236 e. The highest BCUT2D eigenvalue weighted by atomic mass is 32.2. The molecule has 0 aliphatic rings. The normalized spacial score (nSPS) is 12.1. The van der Waals surface area contributed by atoms with Gasteiger partial charge in [-0.25, -0.2) is 8.42 Å². The summed E-state index contributed by atoms with van der Waals surface area (Å²) in [7, 11) is -3.56. The van der Waals surface area contributed by atoms with E-state index in [2.05, 4.69) is 0 Å². The zero-order valence-corrected chi connectivity index (χ0v) is 13.7. The predicted molar refractivity (Wildman–Crippen MR) is 93.2 cm³/mol. The van der Waals surface area contributed by atoms with Crippen LogP contribution >= 0.6 is 0 Å². The third kappa shape index (κ3) is 5.63. The maximum atomic E-state index is 12.4. The summed E-state index contributed by atoms with van der Waals surface area (Å²) >= 11 is 0. The number of benzene rings is 2. The Hall–Kier alpha value is -1.95. The smallest absolute Gasteiger partial charge is 0.236 e. The van der Waals surface area contributed by atoms with Gasteiger partial charge in [-0.05, 0) is 23.6 Å². The first-order valence-electron chi connectivity index (χ1n) is 7.50. The van der Waals surface area contributed by atoms with Gasteiger partial charge < -0.3 is 5.11 Å². The number of aliphatic hydroxyl groups is 1. The van der Waals surface area contributed by atoms with Crippen LogP contribution in [0, 0.1) is 0 Å². The second kappa shape index (κ2) is 8.62. The minimum Gasteiger partial charge on any atom is -0.395 e. The average molecular weight is 331 g/mol. The standard InChI is InChI=1S/C18H21NO3S/c20-15-14-19(13-11-17-7-3-1-4-8-17)23(21,22)16-12-18-9-5-2-6-10-18/h1-10,12,16,20H,11,13-15H2/b16-12+. The van der Waals surface area contributed by atoms with Crippen molar-refractivity contribution in [2.75, 3.05) is 19.7 Å². The van der Waals surface area contributed by atoms with Gasteiger partial charge in [0.25, 0.3) is 0 Å². The number of rotatable bonds is 8. The molecule has 0 unspecified atom stereocenters. The van der Waals surface area contributed by atoms with Crippen molar-refractivity contribution in [3.8, 4) is 0 Å². The number of nitrogens with zero attached hydrogens (tertiary/aromatic N) is 1. The molecule has 0 radical (unpaired) electrons. The van der Waals surface area contributed by atoms with Crippen molar-refractivity contribution >= 4 is 16.1 Å². The molecule has 1 N–H and O–H groups in total. The zero-order valence-electron chi connectivity index (χ0n) is 12.9. The molecule has 0 saturated carbocycles. The fourth-order valence-corrected chi connectivity index (χ4v) is 3.37. The first-order valence-corrected chi connectivity index (χ1v) is 9.00. The van der Waals surface area contributed by atoms with Crippen LogP contribution in [-0.2, 0) is 16.4 Å². The molecule has 0 heterocycles. The lowest BCUT2D eigenvalue weighted by Crippen LogP contribution is -2.33. The molecule has 4 nitrogen and oxygen atoms in total. The zero-order chi connectivity index (χ0) is 16.5. The third-order valence-corrected chi connectivity index (χ3v) is 5.00. The molecule has 5 heteroatoms. The van der Waals surface area contributed by atoms with Crippen LogP contribution in [0.25, 0.3) is 6.08 Å². The largest absolute Gasteiger partial charge is 0.395 e. The van der Waals surface area contributed by atoms with Crippen molar-refractivity contribution in [1.82, 2.24) is 4.31 Å². The Labute approximate surface area is 137 Å². The van der Waals surface area contributed by atoms with E-state index in [0.717, 1.165) is 11.1 Å². The number of hydrogen-bond donors (Lipinski definition) is 1. The molecular formula is C18H21NO3S. The van der Waals surface area contributed by atoms with Gasteiger partial charge in [0.05, 0.1) is 6.61 Å². The second-order valence-electron chi connectivity index (χ2n) is 5.12. The summed E-state index contributed by atoms with van der Waals surface area (Å²) in [5, 5.41) is 10.3. The Bertz CT molecular complexity index is 712. The Morgan fingerprint density at radius 3 is 2.13 bits per heavy atom. The molecule has 0 amide bonds. The topological polar surface area (TPSA) is 57.6 Å². The highest BCUT2D eigenvalue weighted by Gasteiger charge is 2.18. The molecule has 0 bridgehead atoms. The molecule has 2 aromatic rings. The van der Waals surface area contributed by atoms with E-state index in [1.54, 1.807) is 6.08 Å². The van der Waals surface area contributed by atoms with Gasteiger partial charge in [0.15, 0.2) is 0 Å². The number of hydrogen-bond acceptors (Lipinski definition) is 3. The Morgan fingerprint density at radius 1 is 0.913 bits per heavy atom. The van der Waals surface area contributed by atoms with Crippen molar-refractivity contribution in [3.63, 3.8) is 0 Å². The SMILES string of the molecule is O=S(=O)(/C=C/c1ccccc1)N(CCO)CCc1ccccc1. The van der Waals surface area contributed by atoms with E-state index in [0.29, 0.717) is 13.0 Å². The first-order chi connectivity index (χ1) is 11.1. The van der Waals surface area contributed by atoms with E-state index in [-0.39, 0.29) is 13.2 Å². The van der Waals surface area contributed by atoms with Crippen LogP contribution in [-0.4, -0.2) is 37.5 Å². The Balaban J connectivity index is 2.07. The summed E-state index contributed by atoms with van der Waals surface area (Å²) in [6.07, 6.45) is 2.18. The number of sulfonamides is 1. The molecule has 0 saturated heterocycles. The van der Waals surface area contributed by atoms with Crippen LogP contribution in [0.5, 0.6) is 0 Å². The van der Waals surface area contributed by atoms with Gasteiger partial charge >= 0.3 is 0 Å². The van der Waals surface area contributed by atoms with Gasteiger partial charge in [-0.3, -0.25) is 0 Å². The van der Waals surface area contributed by atoms with Gasteiger partial charge in [0.2, 0.25) is 10.0 Å². The highest BCUT2D eigenvalue weighted by Crippen LogP contribution is 2.10. The highest BCUT2D eigenvalue weighted by molar-refractivity contribution is 7.92. The summed E-state index contributed by atoms with van der Waals surface area (Å²) in [6, 6.07) is 19.0. The monoisotopic (exact) mass is 331 g/mol. The summed E-state index contributed by atoms with van der Waals surface area (Å²) < 4.78 is 26.2. The van der Waals surface area contributed by atoms with Crippen LogP contribution in [0.2, 0.25) is 0 Å². The van der Waals surface area contributed by atoms with Gasteiger partial charge in [-0.15, -0.1) is 0 Å². The predicted octanol–water partition coefficient (Wildman–Crippen LogP) is 2.52. The molecule has 0 atom stereocenters. The van der Waals surface area contributed by atoms with Gasteiger partial charge in [0.1, 0.15) is 0 Å². The summed E-state index contributed by atoms with van der Waals surface area (Å²) in [4.78, 5) is 0. The van der Waals surface area contributed by atoms with Crippen LogP contribution in [0.1, 0.15) is 11.1 Å². The lowest BCUT2D eigenvalue weighted by molar-refractivity contribution is 0.255. The molecule has 23 heavy (non-hydrogen) atoms. The van der Waals surface area contributed by atoms with Crippen molar-refractivity contribution in [2.45, 2.75) is 6.42 Å². The summed E-state index contributed by atoms with van der Waals surface area (Å²) in [6.45, 7) is 0.230. The molecule has 0 aromatic heterocycles. The molecule has 0 fully saturated rings. The van der Waals surface area contributed by atoms with Crippen LogP contribution in [0.15, 0.2) is 66.1 Å². The second-order valence-corrected chi connectivity index (χ2v) is 6.94. The fourth-order valence-electron chi connectivity index (χ4n) is 2.19. The summed E-state index contributed by atoms with van der Waals surface area (Å²) in [5.41, 5.74) is 1.89. The minimum absolute atomic E-state index is 0.0916. The third-order valence-electron chi connectivity index (χ3n) is 3.43. The molecule has 0 spiro atoms. The lowest BCUT2D eigenvalue weighted by Gasteiger charge is -2.19. The van der Waals surface area contributed by atoms with Crippen molar-refractivity contribution in [2.24, 2.45) is 0 Å². The minimum atomic E-state index is -3.56. The van der Waals surface area contributed by atoms with E-state index in [9.17, 15) is 8.42 Å². The van der Waals surface area contributed by atoms with Crippen LogP contribution in [0.4, 0.5) is 0 Å². The molecule has 0 aliphatic carbocycles. The molecular weight excluding hydrogens is 310 g/mol. The molecule has 122 valence electrons. The maximum absolute atomic E-state index is 12.4. The van der Waals surface area contributed by atoms with E-state index < -0.39 is 10.0 Å². The van der Waals surface area contributed by atoms with E-state index in [1.807, 2.05) is 60.7 Å². The van der Waals surface area contributed by atoms with Gasteiger partial charge in [-0.2, -0.15) is 4.31 Å². The first kappa shape index (κ1) is 17.4. The fraction of sp³-hybridized carbons (Fsp3) is 0.222. The van der Waals surface area contributed by atoms with Crippen LogP contribution in [0.3, 0.4) is 0 Å². The lowest BCUT2D eigenvalue weighted by atomic mass is 10.1.